The predicted octanol–water partition coefficient (Wildman–Crippen LogP) is 2.90. The Kier molecular flexibility index (Phi) is 3.62. The Morgan fingerprint density at radius 3 is 2.61 bits per heavy atom. The topological polar surface area (TPSA) is 48.4 Å². The van der Waals surface area contributed by atoms with E-state index in [1.807, 2.05) is 0 Å². The van der Waals surface area contributed by atoms with Crippen LogP contribution in [0.4, 0.5) is 8.78 Å². The molecule has 1 heterocycles. The zero-order valence-corrected chi connectivity index (χ0v) is 9.87. The number of halogens is 2. The van der Waals surface area contributed by atoms with Crippen LogP contribution in [-0.4, -0.2) is 0 Å². The van der Waals surface area contributed by atoms with Crippen molar-refractivity contribution in [2.24, 2.45) is 5.73 Å². The molecule has 0 aliphatic carbocycles. The van der Waals surface area contributed by atoms with Crippen molar-refractivity contribution in [3.8, 4) is 5.75 Å². The number of rotatable bonds is 4. The van der Waals surface area contributed by atoms with Crippen LogP contribution in [0.5, 0.6) is 5.75 Å². The number of aryl methyl sites for hydroxylation is 1. The van der Waals surface area contributed by atoms with Crippen LogP contribution in [0.25, 0.3) is 0 Å². The van der Waals surface area contributed by atoms with Crippen molar-refractivity contribution in [2.75, 3.05) is 0 Å². The Hall–Kier alpha value is -1.88. The van der Waals surface area contributed by atoms with E-state index >= 15 is 0 Å². The van der Waals surface area contributed by atoms with Gasteiger partial charge < -0.3 is 14.9 Å². The highest BCUT2D eigenvalue weighted by Gasteiger charge is 2.08. The van der Waals surface area contributed by atoms with Gasteiger partial charge in [-0.25, -0.2) is 8.78 Å². The second kappa shape index (κ2) is 5.18. The summed E-state index contributed by atoms with van der Waals surface area (Å²) in [5.41, 5.74) is 6.28. The second-order valence-corrected chi connectivity index (χ2v) is 3.86. The lowest BCUT2D eigenvalue weighted by atomic mass is 10.2. The van der Waals surface area contributed by atoms with Gasteiger partial charge in [0.15, 0.2) is 11.6 Å². The molecule has 5 heteroatoms. The molecule has 2 N–H and O–H groups in total. The standard InChI is InChI=1S/C13H13F2NO2/c1-8-9(4-11(6-16)18-8)7-17-10-2-3-12(14)13(15)5-10/h2-5H,6-7,16H2,1H3. The van der Waals surface area contributed by atoms with E-state index in [-0.39, 0.29) is 12.4 Å². The molecule has 0 saturated heterocycles. The molecule has 96 valence electrons. The molecule has 0 spiro atoms. The summed E-state index contributed by atoms with van der Waals surface area (Å²) in [6.45, 7) is 2.33. The van der Waals surface area contributed by atoms with Crippen molar-refractivity contribution >= 4 is 0 Å². The highest BCUT2D eigenvalue weighted by Crippen LogP contribution is 2.19. The van der Waals surface area contributed by atoms with Crippen molar-refractivity contribution in [3.05, 3.63) is 53.0 Å². The van der Waals surface area contributed by atoms with Gasteiger partial charge in [-0.05, 0) is 25.1 Å². The van der Waals surface area contributed by atoms with E-state index in [2.05, 4.69) is 0 Å². The van der Waals surface area contributed by atoms with E-state index in [0.29, 0.717) is 18.1 Å². The zero-order chi connectivity index (χ0) is 13.1. The van der Waals surface area contributed by atoms with Crippen LogP contribution in [0.15, 0.2) is 28.7 Å². The summed E-state index contributed by atoms with van der Waals surface area (Å²) >= 11 is 0. The molecule has 3 nitrogen and oxygen atoms in total. The van der Waals surface area contributed by atoms with Gasteiger partial charge in [0.25, 0.3) is 0 Å². The number of furan rings is 1. The van der Waals surface area contributed by atoms with Crippen LogP contribution < -0.4 is 10.5 Å². The molecule has 2 rings (SSSR count). The van der Waals surface area contributed by atoms with Gasteiger partial charge in [-0.3, -0.25) is 0 Å². The van der Waals surface area contributed by atoms with Crippen LogP contribution in [0, 0.1) is 18.6 Å². The molecule has 18 heavy (non-hydrogen) atoms. The first-order valence-corrected chi connectivity index (χ1v) is 5.46. The van der Waals surface area contributed by atoms with Gasteiger partial charge in [0.2, 0.25) is 0 Å². The molecule has 0 aliphatic heterocycles. The maximum atomic E-state index is 13.0. The van der Waals surface area contributed by atoms with Gasteiger partial charge >= 0.3 is 0 Å². The fourth-order valence-corrected chi connectivity index (χ4v) is 1.56. The molecule has 1 aromatic carbocycles. The summed E-state index contributed by atoms with van der Waals surface area (Å²) in [7, 11) is 0. The minimum absolute atomic E-state index is 0.223. The third kappa shape index (κ3) is 2.68. The van der Waals surface area contributed by atoms with Gasteiger partial charge in [0, 0.05) is 11.6 Å². The van der Waals surface area contributed by atoms with E-state index < -0.39 is 11.6 Å². The minimum atomic E-state index is -0.931. The molecule has 0 fully saturated rings. The number of ether oxygens (including phenoxy) is 1. The minimum Gasteiger partial charge on any atom is -0.489 e. The fraction of sp³-hybridized carbons (Fsp3) is 0.231. The highest BCUT2D eigenvalue weighted by atomic mass is 19.2. The van der Waals surface area contributed by atoms with Crippen molar-refractivity contribution in [3.63, 3.8) is 0 Å². The summed E-state index contributed by atoms with van der Waals surface area (Å²) in [6.07, 6.45) is 0. The SMILES string of the molecule is Cc1oc(CN)cc1COc1ccc(F)c(F)c1. The van der Waals surface area contributed by atoms with E-state index in [1.165, 1.54) is 6.07 Å². The van der Waals surface area contributed by atoms with Crippen molar-refractivity contribution in [2.45, 2.75) is 20.1 Å². The fourth-order valence-electron chi connectivity index (χ4n) is 1.56. The molecule has 0 unspecified atom stereocenters. The summed E-state index contributed by atoms with van der Waals surface area (Å²) in [6, 6.07) is 5.19. The molecule has 0 atom stereocenters. The predicted molar refractivity (Wildman–Crippen MR) is 62.0 cm³/mol. The van der Waals surface area contributed by atoms with Crippen LogP contribution in [-0.2, 0) is 13.2 Å². The Labute approximate surface area is 103 Å². The largest absolute Gasteiger partial charge is 0.489 e. The van der Waals surface area contributed by atoms with Gasteiger partial charge in [-0.1, -0.05) is 0 Å². The Morgan fingerprint density at radius 2 is 2.00 bits per heavy atom. The molecule has 2 aromatic rings. The van der Waals surface area contributed by atoms with Crippen LogP contribution in [0.1, 0.15) is 17.1 Å². The monoisotopic (exact) mass is 253 g/mol. The normalized spacial score (nSPS) is 10.7. The van der Waals surface area contributed by atoms with Gasteiger partial charge in [0.1, 0.15) is 23.9 Å². The number of benzene rings is 1. The summed E-state index contributed by atoms with van der Waals surface area (Å²) < 4.78 is 36.4. The summed E-state index contributed by atoms with van der Waals surface area (Å²) in [5.74, 6) is -0.190. The molecule has 0 saturated carbocycles. The maximum absolute atomic E-state index is 13.0. The van der Waals surface area contributed by atoms with Gasteiger partial charge in [0.05, 0.1) is 6.54 Å². The van der Waals surface area contributed by atoms with E-state index in [4.69, 9.17) is 14.9 Å². The molecule has 0 aliphatic rings. The first kappa shape index (κ1) is 12.6. The second-order valence-electron chi connectivity index (χ2n) is 3.86. The summed E-state index contributed by atoms with van der Waals surface area (Å²) in [4.78, 5) is 0. The number of hydrogen-bond acceptors (Lipinski definition) is 3. The first-order chi connectivity index (χ1) is 8.60. The molecule has 1 aromatic heterocycles. The van der Waals surface area contributed by atoms with Crippen molar-refractivity contribution in [1.82, 2.24) is 0 Å². The van der Waals surface area contributed by atoms with Crippen LogP contribution >= 0.6 is 0 Å². The molecular weight excluding hydrogens is 240 g/mol. The van der Waals surface area contributed by atoms with E-state index in [0.717, 1.165) is 17.7 Å². The lowest BCUT2D eigenvalue weighted by molar-refractivity contribution is 0.300. The Bertz CT molecular complexity index is 552. The molecule has 0 radical (unpaired) electrons. The smallest absolute Gasteiger partial charge is 0.162 e. The third-order valence-corrected chi connectivity index (χ3v) is 2.56. The molecular formula is C13H13F2NO2. The van der Waals surface area contributed by atoms with Gasteiger partial charge in [-0.15, -0.1) is 0 Å². The van der Waals surface area contributed by atoms with Crippen molar-refractivity contribution < 1.29 is 17.9 Å². The zero-order valence-electron chi connectivity index (χ0n) is 9.87. The number of nitrogens with two attached hydrogens (primary N) is 1. The first-order valence-electron chi connectivity index (χ1n) is 5.46. The van der Waals surface area contributed by atoms with E-state index in [9.17, 15) is 8.78 Å². The van der Waals surface area contributed by atoms with Crippen molar-refractivity contribution in [1.29, 1.82) is 0 Å². The van der Waals surface area contributed by atoms with Crippen LogP contribution in [0.2, 0.25) is 0 Å². The van der Waals surface area contributed by atoms with Crippen LogP contribution in [0.3, 0.4) is 0 Å². The summed E-state index contributed by atoms with van der Waals surface area (Å²) in [5, 5.41) is 0. The van der Waals surface area contributed by atoms with Gasteiger partial charge in [-0.2, -0.15) is 0 Å². The van der Waals surface area contributed by atoms with E-state index in [1.54, 1.807) is 13.0 Å². The maximum Gasteiger partial charge on any atom is 0.162 e. The third-order valence-electron chi connectivity index (χ3n) is 2.56. The Balaban J connectivity index is 2.06. The highest BCUT2D eigenvalue weighted by molar-refractivity contribution is 5.25. The molecule has 0 bridgehead atoms. The quantitative estimate of drug-likeness (QED) is 0.911. The lowest BCUT2D eigenvalue weighted by Crippen LogP contribution is -1.97. The average Bonchev–Trinajstić information content (AvgIpc) is 2.72. The lowest BCUT2D eigenvalue weighted by Gasteiger charge is -2.05. The average molecular weight is 253 g/mol. The number of hydrogen-bond donors (Lipinski definition) is 1. The Morgan fingerprint density at radius 1 is 1.22 bits per heavy atom. The molecule has 0 amide bonds.